The molecule has 0 saturated carbocycles. The van der Waals surface area contributed by atoms with Crippen LogP contribution in [0.4, 0.5) is 8.78 Å². The summed E-state index contributed by atoms with van der Waals surface area (Å²) in [7, 11) is 3.72. The van der Waals surface area contributed by atoms with E-state index in [1.807, 2.05) is 25.1 Å². The van der Waals surface area contributed by atoms with Crippen molar-refractivity contribution < 1.29 is 13.6 Å². The number of likely N-dealkylation sites (N-methyl/N-ethyl adjacent to an activating group) is 1. The van der Waals surface area contributed by atoms with Gasteiger partial charge < -0.3 is 10.2 Å². The zero-order valence-electron chi connectivity index (χ0n) is 14.9. The summed E-state index contributed by atoms with van der Waals surface area (Å²) in [6.07, 6.45) is 0. The van der Waals surface area contributed by atoms with Gasteiger partial charge in [-0.05, 0) is 43.9 Å². The van der Waals surface area contributed by atoms with Crippen molar-refractivity contribution in [2.24, 2.45) is 0 Å². The number of carbonyl (C=O) groups is 1. The number of benzene rings is 2. The second kappa shape index (κ2) is 8.37. The Labute approximate surface area is 160 Å². The van der Waals surface area contributed by atoms with Crippen LogP contribution in [0.15, 0.2) is 53.9 Å². The average Bonchev–Trinajstić information content (AvgIpc) is 3.12. The summed E-state index contributed by atoms with van der Waals surface area (Å²) in [5.41, 5.74) is 1.37. The van der Waals surface area contributed by atoms with Crippen LogP contribution >= 0.6 is 11.3 Å². The maximum atomic E-state index is 13.9. The minimum atomic E-state index is -0.377. The Morgan fingerprint density at radius 2 is 1.96 bits per heavy atom. The Kier molecular flexibility index (Phi) is 5.93. The van der Waals surface area contributed by atoms with Gasteiger partial charge in [-0.2, -0.15) is 0 Å². The Morgan fingerprint density at radius 3 is 2.67 bits per heavy atom. The largest absolute Gasteiger partial charge is 0.349 e. The van der Waals surface area contributed by atoms with Gasteiger partial charge in [0.1, 0.15) is 22.3 Å². The van der Waals surface area contributed by atoms with Gasteiger partial charge in [0.05, 0.1) is 6.04 Å². The molecule has 1 amide bonds. The summed E-state index contributed by atoms with van der Waals surface area (Å²) in [5.74, 6) is -1.05. The number of thiazole rings is 1. The Morgan fingerprint density at radius 1 is 1.19 bits per heavy atom. The molecule has 0 aliphatic heterocycles. The van der Waals surface area contributed by atoms with Gasteiger partial charge in [0, 0.05) is 17.5 Å². The van der Waals surface area contributed by atoms with Gasteiger partial charge in [0.2, 0.25) is 0 Å². The van der Waals surface area contributed by atoms with Crippen molar-refractivity contribution in [2.45, 2.75) is 6.04 Å². The fourth-order valence-corrected chi connectivity index (χ4v) is 3.56. The molecule has 0 bridgehead atoms. The lowest BCUT2D eigenvalue weighted by Crippen LogP contribution is -2.34. The standard InChI is InChI=1S/C20H19F2N3OS/c1-25(2)18(13-6-5-7-14(21)10-13)11-23-19(26)17-12-27-20(24-17)15-8-3-4-9-16(15)22/h3-10,12,18H,11H2,1-2H3,(H,23,26). The number of halogens is 2. The van der Waals surface area contributed by atoms with Gasteiger partial charge >= 0.3 is 0 Å². The van der Waals surface area contributed by atoms with Crippen LogP contribution in [-0.2, 0) is 0 Å². The molecule has 1 heterocycles. The fraction of sp³-hybridized carbons (Fsp3) is 0.200. The molecule has 140 valence electrons. The molecular weight excluding hydrogens is 368 g/mol. The van der Waals surface area contributed by atoms with Crippen LogP contribution in [0.3, 0.4) is 0 Å². The lowest BCUT2D eigenvalue weighted by Gasteiger charge is -2.25. The summed E-state index contributed by atoms with van der Waals surface area (Å²) in [6, 6.07) is 12.4. The first-order valence-corrected chi connectivity index (χ1v) is 9.24. The second-order valence-electron chi connectivity index (χ2n) is 6.26. The van der Waals surface area contributed by atoms with Crippen LogP contribution in [0.1, 0.15) is 22.1 Å². The highest BCUT2D eigenvalue weighted by Crippen LogP contribution is 2.26. The predicted octanol–water partition coefficient (Wildman–Crippen LogP) is 4.12. The monoisotopic (exact) mass is 387 g/mol. The lowest BCUT2D eigenvalue weighted by atomic mass is 10.1. The Hall–Kier alpha value is -2.64. The third-order valence-corrected chi connectivity index (χ3v) is 5.03. The average molecular weight is 387 g/mol. The molecule has 0 spiro atoms. The van der Waals surface area contributed by atoms with Crippen LogP contribution in [0.2, 0.25) is 0 Å². The van der Waals surface area contributed by atoms with E-state index in [0.717, 1.165) is 5.56 Å². The number of aromatic nitrogens is 1. The molecule has 7 heteroatoms. The number of amides is 1. The van der Waals surface area contributed by atoms with Crippen molar-refractivity contribution in [1.29, 1.82) is 0 Å². The molecule has 2 aromatic carbocycles. The SMILES string of the molecule is CN(C)C(CNC(=O)c1csc(-c2ccccc2F)n1)c1cccc(F)c1. The van der Waals surface area contributed by atoms with E-state index >= 15 is 0 Å². The van der Waals surface area contributed by atoms with Crippen molar-refractivity contribution in [3.05, 3.63) is 76.8 Å². The number of nitrogens with one attached hydrogen (secondary N) is 1. The van der Waals surface area contributed by atoms with Crippen molar-refractivity contribution >= 4 is 17.2 Å². The minimum absolute atomic E-state index is 0.186. The molecule has 1 N–H and O–H groups in total. The molecule has 4 nitrogen and oxygen atoms in total. The van der Waals surface area contributed by atoms with E-state index in [2.05, 4.69) is 10.3 Å². The molecule has 0 saturated heterocycles. The fourth-order valence-electron chi connectivity index (χ4n) is 2.73. The van der Waals surface area contributed by atoms with E-state index in [4.69, 9.17) is 0 Å². The molecule has 0 aliphatic carbocycles. The van der Waals surface area contributed by atoms with Gasteiger partial charge in [-0.15, -0.1) is 11.3 Å². The summed E-state index contributed by atoms with van der Waals surface area (Å²) < 4.78 is 27.4. The van der Waals surface area contributed by atoms with E-state index in [-0.39, 0.29) is 29.3 Å². The molecule has 27 heavy (non-hydrogen) atoms. The number of nitrogens with zero attached hydrogens (tertiary/aromatic N) is 2. The van der Waals surface area contributed by atoms with E-state index in [0.29, 0.717) is 17.1 Å². The highest BCUT2D eigenvalue weighted by molar-refractivity contribution is 7.13. The zero-order chi connectivity index (χ0) is 19.4. The number of rotatable bonds is 6. The van der Waals surface area contributed by atoms with Crippen LogP contribution in [0, 0.1) is 11.6 Å². The van der Waals surface area contributed by atoms with Crippen LogP contribution in [0.25, 0.3) is 10.6 Å². The van der Waals surface area contributed by atoms with E-state index < -0.39 is 0 Å². The molecule has 1 unspecified atom stereocenters. The van der Waals surface area contributed by atoms with Gasteiger partial charge in [0.15, 0.2) is 0 Å². The lowest BCUT2D eigenvalue weighted by molar-refractivity contribution is 0.0937. The molecule has 1 aromatic heterocycles. The minimum Gasteiger partial charge on any atom is -0.349 e. The van der Waals surface area contributed by atoms with Crippen molar-refractivity contribution in [1.82, 2.24) is 15.2 Å². The molecule has 1 atom stereocenters. The maximum absolute atomic E-state index is 13.9. The van der Waals surface area contributed by atoms with Crippen molar-refractivity contribution in [3.63, 3.8) is 0 Å². The van der Waals surface area contributed by atoms with Crippen molar-refractivity contribution in [3.8, 4) is 10.6 Å². The number of hydrogen-bond acceptors (Lipinski definition) is 4. The highest BCUT2D eigenvalue weighted by Gasteiger charge is 2.18. The van der Waals surface area contributed by atoms with Gasteiger partial charge in [-0.1, -0.05) is 24.3 Å². The van der Waals surface area contributed by atoms with Gasteiger partial charge in [0.25, 0.3) is 5.91 Å². The van der Waals surface area contributed by atoms with E-state index in [1.54, 1.807) is 29.6 Å². The summed E-state index contributed by atoms with van der Waals surface area (Å²) in [4.78, 5) is 18.6. The Bertz CT molecular complexity index is 942. The van der Waals surface area contributed by atoms with Crippen LogP contribution in [0.5, 0.6) is 0 Å². The molecule has 3 rings (SSSR count). The predicted molar refractivity (Wildman–Crippen MR) is 103 cm³/mol. The topological polar surface area (TPSA) is 45.2 Å². The van der Waals surface area contributed by atoms with Crippen LogP contribution < -0.4 is 5.32 Å². The summed E-state index contributed by atoms with van der Waals surface area (Å²) in [6.45, 7) is 0.293. The molecule has 0 aliphatic rings. The quantitative estimate of drug-likeness (QED) is 0.692. The first kappa shape index (κ1) is 19.1. The van der Waals surface area contributed by atoms with Crippen LogP contribution in [-0.4, -0.2) is 36.4 Å². The summed E-state index contributed by atoms with van der Waals surface area (Å²) >= 11 is 1.21. The number of hydrogen-bond donors (Lipinski definition) is 1. The third kappa shape index (κ3) is 4.56. The van der Waals surface area contributed by atoms with Gasteiger partial charge in [-0.25, -0.2) is 13.8 Å². The zero-order valence-corrected chi connectivity index (χ0v) is 15.8. The first-order chi connectivity index (χ1) is 13.0. The third-order valence-electron chi connectivity index (χ3n) is 4.15. The number of carbonyl (C=O) groups excluding carboxylic acids is 1. The molecular formula is C20H19F2N3OS. The smallest absolute Gasteiger partial charge is 0.270 e. The van der Waals surface area contributed by atoms with Gasteiger partial charge in [-0.3, -0.25) is 4.79 Å². The normalized spacial score (nSPS) is 12.2. The maximum Gasteiger partial charge on any atom is 0.270 e. The Balaban J connectivity index is 1.71. The highest BCUT2D eigenvalue weighted by atomic mass is 32.1. The molecule has 0 radical (unpaired) electrons. The van der Waals surface area contributed by atoms with E-state index in [1.165, 1.54) is 29.5 Å². The van der Waals surface area contributed by atoms with Crippen molar-refractivity contribution in [2.75, 3.05) is 20.6 Å². The molecule has 0 fully saturated rings. The second-order valence-corrected chi connectivity index (χ2v) is 7.12. The van der Waals surface area contributed by atoms with E-state index in [9.17, 15) is 13.6 Å². The molecule has 3 aromatic rings. The summed E-state index contributed by atoms with van der Waals surface area (Å²) in [5, 5.41) is 4.88. The first-order valence-electron chi connectivity index (χ1n) is 8.36.